The van der Waals surface area contributed by atoms with E-state index in [0.29, 0.717) is 6.54 Å². The Kier molecular flexibility index (Phi) is 3.69. The van der Waals surface area contributed by atoms with Gasteiger partial charge in [-0.3, -0.25) is 0 Å². The average Bonchev–Trinajstić information content (AvgIpc) is 2.54. The third-order valence-electron chi connectivity index (χ3n) is 2.96. The number of aromatic nitrogens is 2. The van der Waals surface area contributed by atoms with Gasteiger partial charge in [0.2, 0.25) is 0 Å². The molecule has 2 rings (SSSR count). The summed E-state index contributed by atoms with van der Waals surface area (Å²) in [6.07, 6.45) is 1.18. The lowest BCUT2D eigenvalue weighted by Crippen LogP contribution is -2.29. The van der Waals surface area contributed by atoms with Gasteiger partial charge in [-0.25, -0.2) is 0 Å². The van der Waals surface area contributed by atoms with E-state index in [1.165, 1.54) is 6.42 Å². The van der Waals surface area contributed by atoms with Crippen LogP contribution < -0.4 is 10.6 Å². The van der Waals surface area contributed by atoms with Crippen molar-refractivity contribution in [2.45, 2.75) is 13.0 Å². The van der Waals surface area contributed by atoms with Gasteiger partial charge >= 0.3 is 0 Å². The van der Waals surface area contributed by atoms with Crippen LogP contribution in [0.3, 0.4) is 0 Å². The van der Waals surface area contributed by atoms with Crippen molar-refractivity contribution in [2.24, 2.45) is 5.73 Å². The highest BCUT2D eigenvalue weighted by atomic mass is 15.3. The van der Waals surface area contributed by atoms with Crippen LogP contribution in [0.5, 0.6) is 0 Å². The zero-order chi connectivity index (χ0) is 11.4. The Balaban J connectivity index is 2.04. The van der Waals surface area contributed by atoms with Gasteiger partial charge in [-0.1, -0.05) is 0 Å². The molecular formula is C11H19N5. The molecule has 0 unspecified atom stereocenters. The molecule has 5 nitrogen and oxygen atoms in total. The Morgan fingerprint density at radius 1 is 1.19 bits per heavy atom. The molecule has 2 heterocycles. The van der Waals surface area contributed by atoms with Gasteiger partial charge in [-0.2, -0.15) is 5.10 Å². The summed E-state index contributed by atoms with van der Waals surface area (Å²) in [4.78, 5) is 4.64. The van der Waals surface area contributed by atoms with E-state index in [4.69, 9.17) is 5.73 Å². The summed E-state index contributed by atoms with van der Waals surface area (Å²) in [5, 5.41) is 8.31. The molecule has 2 N–H and O–H groups in total. The maximum atomic E-state index is 5.50. The van der Waals surface area contributed by atoms with Crippen LogP contribution in [-0.4, -0.2) is 48.3 Å². The number of rotatable bonds is 2. The molecule has 1 aliphatic heterocycles. The summed E-state index contributed by atoms with van der Waals surface area (Å²) < 4.78 is 0. The van der Waals surface area contributed by atoms with Crippen LogP contribution in [0.2, 0.25) is 0 Å². The van der Waals surface area contributed by atoms with Crippen molar-refractivity contribution in [3.05, 3.63) is 17.8 Å². The SMILES string of the molecule is CN1CCCN(c2ccc(CN)nn2)CC1. The zero-order valence-corrected chi connectivity index (χ0v) is 9.76. The molecule has 0 aliphatic carbocycles. The number of hydrogen-bond donors (Lipinski definition) is 1. The minimum atomic E-state index is 0.454. The molecule has 0 aromatic carbocycles. The van der Waals surface area contributed by atoms with Crippen molar-refractivity contribution >= 4 is 5.82 Å². The first-order valence-corrected chi connectivity index (χ1v) is 5.76. The first-order valence-electron chi connectivity index (χ1n) is 5.76. The molecule has 0 spiro atoms. The summed E-state index contributed by atoms with van der Waals surface area (Å²) in [7, 11) is 2.16. The topological polar surface area (TPSA) is 58.3 Å². The monoisotopic (exact) mass is 221 g/mol. The minimum absolute atomic E-state index is 0.454. The van der Waals surface area contributed by atoms with E-state index in [-0.39, 0.29) is 0 Å². The summed E-state index contributed by atoms with van der Waals surface area (Å²) in [5.41, 5.74) is 6.34. The smallest absolute Gasteiger partial charge is 0.151 e. The second kappa shape index (κ2) is 5.23. The standard InChI is InChI=1S/C11H19N5/c1-15-5-2-6-16(8-7-15)11-4-3-10(9-12)13-14-11/h3-4H,2,5-9,12H2,1H3. The van der Waals surface area contributed by atoms with Crippen molar-refractivity contribution < 1.29 is 0 Å². The maximum absolute atomic E-state index is 5.50. The molecule has 1 aromatic heterocycles. The zero-order valence-electron chi connectivity index (χ0n) is 9.76. The summed E-state index contributed by atoms with van der Waals surface area (Å²) in [5.74, 6) is 0.965. The summed E-state index contributed by atoms with van der Waals surface area (Å²) in [6.45, 7) is 4.77. The normalized spacial score (nSPS) is 18.5. The van der Waals surface area contributed by atoms with Crippen LogP contribution in [0.1, 0.15) is 12.1 Å². The minimum Gasteiger partial charge on any atom is -0.354 e. The molecule has 1 saturated heterocycles. The largest absolute Gasteiger partial charge is 0.354 e. The number of likely N-dealkylation sites (N-methyl/N-ethyl adjacent to an activating group) is 1. The molecule has 88 valence electrons. The number of nitrogens with two attached hydrogens (primary N) is 1. The van der Waals surface area contributed by atoms with E-state index in [0.717, 1.165) is 37.7 Å². The highest BCUT2D eigenvalue weighted by Crippen LogP contribution is 2.12. The number of nitrogens with zero attached hydrogens (tertiary/aromatic N) is 4. The molecule has 1 aromatic rings. The molecule has 0 radical (unpaired) electrons. The Hall–Kier alpha value is -1.20. The quantitative estimate of drug-likeness (QED) is 0.766. The molecule has 0 saturated carbocycles. The van der Waals surface area contributed by atoms with Crippen LogP contribution in [0, 0.1) is 0 Å². The first-order chi connectivity index (χ1) is 7.79. The highest BCUT2D eigenvalue weighted by molar-refractivity contribution is 5.37. The van der Waals surface area contributed by atoms with Crippen molar-refractivity contribution in [3.63, 3.8) is 0 Å². The van der Waals surface area contributed by atoms with Crippen LogP contribution in [0.4, 0.5) is 5.82 Å². The van der Waals surface area contributed by atoms with Crippen LogP contribution in [0.15, 0.2) is 12.1 Å². The molecule has 0 atom stereocenters. The summed E-state index contributed by atoms with van der Waals surface area (Å²) in [6, 6.07) is 3.97. The van der Waals surface area contributed by atoms with Gasteiger partial charge in [-0.15, -0.1) is 5.10 Å². The van der Waals surface area contributed by atoms with Gasteiger partial charge in [-0.05, 0) is 32.1 Å². The van der Waals surface area contributed by atoms with Crippen LogP contribution in [0.25, 0.3) is 0 Å². The fraction of sp³-hybridized carbons (Fsp3) is 0.636. The van der Waals surface area contributed by atoms with E-state index in [2.05, 4.69) is 27.0 Å². The third-order valence-corrected chi connectivity index (χ3v) is 2.96. The van der Waals surface area contributed by atoms with E-state index in [1.54, 1.807) is 0 Å². The average molecular weight is 221 g/mol. The van der Waals surface area contributed by atoms with Gasteiger partial charge in [0, 0.05) is 26.2 Å². The number of hydrogen-bond acceptors (Lipinski definition) is 5. The second-order valence-electron chi connectivity index (χ2n) is 4.23. The van der Waals surface area contributed by atoms with Crippen molar-refractivity contribution in [1.82, 2.24) is 15.1 Å². The lowest BCUT2D eigenvalue weighted by molar-refractivity contribution is 0.360. The Morgan fingerprint density at radius 3 is 2.75 bits per heavy atom. The molecule has 0 amide bonds. The molecule has 1 fully saturated rings. The van der Waals surface area contributed by atoms with Crippen LogP contribution in [-0.2, 0) is 6.54 Å². The van der Waals surface area contributed by atoms with E-state index < -0.39 is 0 Å². The van der Waals surface area contributed by atoms with Gasteiger partial charge in [0.25, 0.3) is 0 Å². The molecule has 16 heavy (non-hydrogen) atoms. The summed E-state index contributed by atoms with van der Waals surface area (Å²) >= 11 is 0. The van der Waals surface area contributed by atoms with Gasteiger partial charge < -0.3 is 15.5 Å². The first kappa shape index (κ1) is 11.3. The lowest BCUT2D eigenvalue weighted by atomic mass is 10.3. The van der Waals surface area contributed by atoms with E-state index in [9.17, 15) is 0 Å². The van der Waals surface area contributed by atoms with Crippen molar-refractivity contribution in [3.8, 4) is 0 Å². The van der Waals surface area contributed by atoms with Gasteiger partial charge in [0.05, 0.1) is 5.69 Å². The molecular weight excluding hydrogens is 202 g/mol. The maximum Gasteiger partial charge on any atom is 0.151 e. The van der Waals surface area contributed by atoms with E-state index >= 15 is 0 Å². The van der Waals surface area contributed by atoms with Gasteiger partial charge in [0.15, 0.2) is 5.82 Å². The lowest BCUT2D eigenvalue weighted by Gasteiger charge is -2.20. The fourth-order valence-electron chi connectivity index (χ4n) is 1.91. The van der Waals surface area contributed by atoms with Crippen LogP contribution >= 0.6 is 0 Å². The predicted molar refractivity (Wildman–Crippen MR) is 64.3 cm³/mol. The van der Waals surface area contributed by atoms with E-state index in [1.807, 2.05) is 12.1 Å². The molecule has 5 heteroatoms. The predicted octanol–water partition coefficient (Wildman–Crippen LogP) is 0.0772. The van der Waals surface area contributed by atoms with Crippen molar-refractivity contribution in [2.75, 3.05) is 38.1 Å². The fourth-order valence-corrected chi connectivity index (χ4v) is 1.91. The third kappa shape index (κ3) is 2.68. The van der Waals surface area contributed by atoms with Gasteiger partial charge in [0.1, 0.15) is 0 Å². The second-order valence-corrected chi connectivity index (χ2v) is 4.23. The highest BCUT2D eigenvalue weighted by Gasteiger charge is 2.13. The Bertz CT molecular complexity index is 324. The Morgan fingerprint density at radius 2 is 2.06 bits per heavy atom. The molecule has 1 aliphatic rings. The van der Waals surface area contributed by atoms with Crippen molar-refractivity contribution in [1.29, 1.82) is 0 Å². The Labute approximate surface area is 96.2 Å². The number of anilines is 1. The molecule has 0 bridgehead atoms.